The summed E-state index contributed by atoms with van der Waals surface area (Å²) >= 11 is 0. The van der Waals surface area contributed by atoms with Crippen molar-refractivity contribution in [3.05, 3.63) is 72.1 Å². The van der Waals surface area contributed by atoms with E-state index < -0.39 is 0 Å². The number of rotatable bonds is 4. The van der Waals surface area contributed by atoms with E-state index in [0.717, 1.165) is 31.0 Å². The zero-order valence-corrected chi connectivity index (χ0v) is 17.4. The van der Waals surface area contributed by atoms with Gasteiger partial charge in [-0.2, -0.15) is 5.10 Å². The van der Waals surface area contributed by atoms with E-state index in [-0.39, 0.29) is 11.9 Å². The maximum Gasteiger partial charge on any atom is 0.244 e. The van der Waals surface area contributed by atoms with Gasteiger partial charge >= 0.3 is 0 Å². The van der Waals surface area contributed by atoms with Crippen molar-refractivity contribution in [2.45, 2.75) is 33.4 Å². The molecule has 1 amide bonds. The smallest absolute Gasteiger partial charge is 0.244 e. The molecule has 0 aliphatic carbocycles. The van der Waals surface area contributed by atoms with E-state index in [0.29, 0.717) is 6.54 Å². The molecule has 1 atom stereocenters. The van der Waals surface area contributed by atoms with Crippen molar-refractivity contribution in [1.29, 1.82) is 0 Å². The molecule has 4 rings (SSSR count). The minimum atomic E-state index is 0.139. The summed E-state index contributed by atoms with van der Waals surface area (Å²) in [7, 11) is 0. The molecule has 0 saturated carbocycles. The van der Waals surface area contributed by atoms with E-state index in [1.165, 1.54) is 16.8 Å². The van der Waals surface area contributed by atoms with Crippen molar-refractivity contribution >= 4 is 11.6 Å². The lowest BCUT2D eigenvalue weighted by Gasteiger charge is -2.41. The topological polar surface area (TPSA) is 41.4 Å². The predicted molar refractivity (Wildman–Crippen MR) is 117 cm³/mol. The molecule has 2 aromatic carbocycles. The molecule has 0 N–H and O–H groups in total. The molecule has 5 heteroatoms. The molecular weight excluding hydrogens is 360 g/mol. The second-order valence-electron chi connectivity index (χ2n) is 7.85. The van der Waals surface area contributed by atoms with E-state index in [9.17, 15) is 4.79 Å². The summed E-state index contributed by atoms with van der Waals surface area (Å²) in [5.74, 6) is 0.139. The molecule has 1 fully saturated rings. The van der Waals surface area contributed by atoms with Gasteiger partial charge < -0.3 is 9.80 Å². The van der Waals surface area contributed by atoms with Gasteiger partial charge in [0, 0.05) is 42.6 Å². The molecule has 3 aromatic rings. The van der Waals surface area contributed by atoms with Crippen molar-refractivity contribution in [3.8, 4) is 11.1 Å². The van der Waals surface area contributed by atoms with Gasteiger partial charge in [0.15, 0.2) is 0 Å². The Hall–Kier alpha value is -3.08. The first-order valence-electron chi connectivity index (χ1n) is 10.2. The van der Waals surface area contributed by atoms with E-state index in [4.69, 9.17) is 0 Å². The van der Waals surface area contributed by atoms with Gasteiger partial charge in [0.1, 0.15) is 6.54 Å². The van der Waals surface area contributed by atoms with Crippen molar-refractivity contribution in [3.63, 3.8) is 0 Å². The number of hydrogen-bond acceptors (Lipinski definition) is 3. The average molecular weight is 389 g/mol. The summed E-state index contributed by atoms with van der Waals surface area (Å²) in [4.78, 5) is 17.3. The molecule has 1 saturated heterocycles. The van der Waals surface area contributed by atoms with Crippen molar-refractivity contribution < 1.29 is 4.79 Å². The molecule has 1 unspecified atom stereocenters. The summed E-state index contributed by atoms with van der Waals surface area (Å²) in [5, 5.41) is 4.44. The van der Waals surface area contributed by atoms with Crippen LogP contribution >= 0.6 is 0 Å². The Balaban J connectivity index is 1.49. The first-order chi connectivity index (χ1) is 14.0. The highest BCUT2D eigenvalue weighted by atomic mass is 16.2. The van der Waals surface area contributed by atoms with Crippen molar-refractivity contribution in [2.24, 2.45) is 0 Å². The van der Waals surface area contributed by atoms with Crippen LogP contribution < -0.4 is 4.90 Å². The van der Waals surface area contributed by atoms with Gasteiger partial charge in [-0.25, -0.2) is 0 Å². The normalized spacial score (nSPS) is 16.9. The molecule has 1 aromatic heterocycles. The third-order valence-electron chi connectivity index (χ3n) is 5.67. The SMILES string of the molecule is Cc1cc(C)n(CC(=O)N2CCN(c3ccccc3-c3ccccc3)CC2C)n1. The largest absolute Gasteiger partial charge is 0.367 e. The van der Waals surface area contributed by atoms with Crippen LogP contribution in [-0.4, -0.2) is 46.3 Å². The van der Waals surface area contributed by atoms with Crippen molar-refractivity contribution in [1.82, 2.24) is 14.7 Å². The molecule has 0 bridgehead atoms. The molecular formula is C24H28N4O. The standard InChI is InChI=1S/C24H28N4O/c1-18-15-19(2)28(25-18)17-24(29)27-14-13-26(16-20(27)3)23-12-8-7-11-22(23)21-9-5-4-6-10-21/h4-12,15,20H,13-14,16-17H2,1-3H3. The van der Waals surface area contributed by atoms with Gasteiger partial charge in [0.25, 0.3) is 0 Å². The number of aryl methyl sites for hydroxylation is 2. The Kier molecular flexibility index (Phi) is 5.38. The molecule has 0 radical (unpaired) electrons. The summed E-state index contributed by atoms with van der Waals surface area (Å²) in [6, 6.07) is 21.2. The summed E-state index contributed by atoms with van der Waals surface area (Å²) < 4.78 is 1.81. The first kappa shape index (κ1) is 19.2. The lowest BCUT2D eigenvalue weighted by Crippen LogP contribution is -2.55. The van der Waals surface area contributed by atoms with Gasteiger partial charge in [0.2, 0.25) is 5.91 Å². The Labute approximate surface area is 172 Å². The second kappa shape index (κ2) is 8.11. The van der Waals surface area contributed by atoms with Gasteiger partial charge in [0.05, 0.1) is 5.69 Å². The molecule has 1 aliphatic heterocycles. The van der Waals surface area contributed by atoms with Crippen LogP contribution in [0.3, 0.4) is 0 Å². The number of amides is 1. The number of anilines is 1. The lowest BCUT2D eigenvalue weighted by atomic mass is 10.0. The maximum atomic E-state index is 12.9. The average Bonchev–Trinajstić information content (AvgIpc) is 3.05. The zero-order valence-electron chi connectivity index (χ0n) is 17.4. The predicted octanol–water partition coefficient (Wildman–Crippen LogP) is 3.90. The van der Waals surface area contributed by atoms with Crippen LogP contribution in [0, 0.1) is 13.8 Å². The number of nitrogens with zero attached hydrogens (tertiary/aromatic N) is 4. The fourth-order valence-corrected chi connectivity index (χ4v) is 4.21. The Morgan fingerprint density at radius 2 is 1.76 bits per heavy atom. The minimum absolute atomic E-state index is 0.139. The van der Waals surface area contributed by atoms with Gasteiger partial charge in [-0.3, -0.25) is 9.48 Å². The molecule has 2 heterocycles. The number of benzene rings is 2. The summed E-state index contributed by atoms with van der Waals surface area (Å²) in [6.45, 7) is 8.78. The van der Waals surface area contributed by atoms with Gasteiger partial charge in [-0.05, 0) is 38.5 Å². The number of hydrogen-bond donors (Lipinski definition) is 0. The highest BCUT2D eigenvalue weighted by molar-refractivity contribution is 5.80. The number of para-hydroxylation sites is 1. The van der Waals surface area contributed by atoms with E-state index >= 15 is 0 Å². The number of carbonyl (C=O) groups is 1. The van der Waals surface area contributed by atoms with Crippen LogP contribution in [0.2, 0.25) is 0 Å². The third kappa shape index (κ3) is 4.04. The van der Waals surface area contributed by atoms with Crippen LogP contribution in [0.1, 0.15) is 18.3 Å². The van der Waals surface area contributed by atoms with E-state index in [2.05, 4.69) is 65.5 Å². The Morgan fingerprint density at radius 3 is 2.45 bits per heavy atom. The first-order valence-corrected chi connectivity index (χ1v) is 10.2. The molecule has 1 aliphatic rings. The van der Waals surface area contributed by atoms with E-state index in [1.807, 2.05) is 35.6 Å². The van der Waals surface area contributed by atoms with Gasteiger partial charge in [-0.15, -0.1) is 0 Å². The van der Waals surface area contributed by atoms with Gasteiger partial charge in [-0.1, -0.05) is 48.5 Å². The fraction of sp³-hybridized carbons (Fsp3) is 0.333. The number of piperazine rings is 1. The zero-order chi connectivity index (χ0) is 20.4. The lowest BCUT2D eigenvalue weighted by molar-refractivity contribution is -0.134. The molecule has 150 valence electrons. The molecule has 5 nitrogen and oxygen atoms in total. The van der Waals surface area contributed by atoms with Crippen LogP contribution in [0.5, 0.6) is 0 Å². The maximum absolute atomic E-state index is 12.9. The highest BCUT2D eigenvalue weighted by Crippen LogP contribution is 2.32. The minimum Gasteiger partial charge on any atom is -0.367 e. The molecule has 0 spiro atoms. The third-order valence-corrected chi connectivity index (χ3v) is 5.67. The highest BCUT2D eigenvalue weighted by Gasteiger charge is 2.28. The molecule has 29 heavy (non-hydrogen) atoms. The summed E-state index contributed by atoms with van der Waals surface area (Å²) in [5.41, 5.74) is 5.67. The Bertz CT molecular complexity index is 995. The van der Waals surface area contributed by atoms with Crippen LogP contribution in [-0.2, 0) is 11.3 Å². The van der Waals surface area contributed by atoms with Crippen molar-refractivity contribution in [2.75, 3.05) is 24.5 Å². The quantitative estimate of drug-likeness (QED) is 0.681. The number of carbonyl (C=O) groups excluding carboxylic acids is 1. The fourth-order valence-electron chi connectivity index (χ4n) is 4.21. The van der Waals surface area contributed by atoms with E-state index in [1.54, 1.807) is 0 Å². The van der Waals surface area contributed by atoms with Crippen LogP contribution in [0.25, 0.3) is 11.1 Å². The monoisotopic (exact) mass is 388 g/mol. The Morgan fingerprint density at radius 1 is 1.03 bits per heavy atom. The second-order valence-corrected chi connectivity index (χ2v) is 7.85. The van der Waals surface area contributed by atoms with Crippen LogP contribution in [0.4, 0.5) is 5.69 Å². The summed E-state index contributed by atoms with van der Waals surface area (Å²) in [6.07, 6.45) is 0. The number of aromatic nitrogens is 2. The van der Waals surface area contributed by atoms with Crippen LogP contribution in [0.15, 0.2) is 60.7 Å².